The summed E-state index contributed by atoms with van der Waals surface area (Å²) in [6.07, 6.45) is 4.08. The number of morpholine rings is 1. The Morgan fingerprint density at radius 3 is 2.92 bits per heavy atom. The van der Waals surface area contributed by atoms with Gasteiger partial charge in [0.15, 0.2) is 0 Å². The minimum absolute atomic E-state index is 0.0954. The van der Waals surface area contributed by atoms with E-state index in [1.54, 1.807) is 0 Å². The summed E-state index contributed by atoms with van der Waals surface area (Å²) in [5.41, 5.74) is 3.67. The molecule has 3 aromatic heterocycles. The van der Waals surface area contributed by atoms with Gasteiger partial charge in [0, 0.05) is 26.0 Å². The lowest BCUT2D eigenvalue weighted by Gasteiger charge is -2.32. The van der Waals surface area contributed by atoms with Gasteiger partial charge in [-0.2, -0.15) is 0 Å². The van der Waals surface area contributed by atoms with Crippen LogP contribution in [0.15, 0.2) is 30.6 Å². The molecule has 0 radical (unpaired) electrons. The number of aryl methyl sites for hydroxylation is 3. The van der Waals surface area contributed by atoms with Crippen LogP contribution in [0.1, 0.15) is 29.0 Å². The summed E-state index contributed by atoms with van der Waals surface area (Å²) < 4.78 is 9.84. The Morgan fingerprint density at radius 2 is 2.15 bits per heavy atom. The molecule has 26 heavy (non-hydrogen) atoms. The number of pyridine rings is 1. The molecule has 7 heteroatoms. The van der Waals surface area contributed by atoms with Gasteiger partial charge in [-0.15, -0.1) is 0 Å². The van der Waals surface area contributed by atoms with Gasteiger partial charge in [-0.3, -0.25) is 4.79 Å². The molecular weight excluding hydrogens is 330 g/mol. The monoisotopic (exact) mass is 353 g/mol. The van der Waals surface area contributed by atoms with Crippen molar-refractivity contribution in [2.75, 3.05) is 19.7 Å². The molecular formula is C19H23N5O2. The quantitative estimate of drug-likeness (QED) is 0.721. The first-order chi connectivity index (χ1) is 12.5. The van der Waals surface area contributed by atoms with Crippen LogP contribution in [0.4, 0.5) is 0 Å². The Morgan fingerprint density at radius 1 is 1.31 bits per heavy atom. The number of amides is 1. The Balaban J connectivity index is 1.52. The number of rotatable bonds is 3. The standard InChI is InChI=1S/C19H23N5O2/c1-13-11-22(3)19(20-13)16-12-23(8-9-26-16)18(25)10-15-14(2)21-17-6-4-5-7-24(15)17/h4-7,11,16H,8-10,12H2,1-3H3. The second kappa shape index (κ2) is 6.57. The number of hydrogen-bond donors (Lipinski definition) is 0. The highest BCUT2D eigenvalue weighted by molar-refractivity contribution is 5.79. The van der Waals surface area contributed by atoms with Gasteiger partial charge in [-0.05, 0) is 26.0 Å². The lowest BCUT2D eigenvalue weighted by molar-refractivity contribution is -0.138. The number of ether oxygens (including phenoxy) is 1. The van der Waals surface area contributed by atoms with Gasteiger partial charge in [0.2, 0.25) is 5.91 Å². The zero-order valence-electron chi connectivity index (χ0n) is 15.3. The summed E-state index contributed by atoms with van der Waals surface area (Å²) in [4.78, 5) is 23.9. The number of hydrogen-bond acceptors (Lipinski definition) is 4. The summed E-state index contributed by atoms with van der Waals surface area (Å²) >= 11 is 0. The summed E-state index contributed by atoms with van der Waals surface area (Å²) in [6.45, 7) is 5.57. The molecule has 0 spiro atoms. The van der Waals surface area contributed by atoms with Crippen LogP contribution in [0.3, 0.4) is 0 Å². The molecule has 0 aromatic carbocycles. The van der Waals surface area contributed by atoms with Gasteiger partial charge in [0.05, 0.1) is 36.7 Å². The van der Waals surface area contributed by atoms with E-state index in [2.05, 4.69) is 9.97 Å². The van der Waals surface area contributed by atoms with Crippen molar-refractivity contribution in [1.29, 1.82) is 0 Å². The Labute approximate surface area is 152 Å². The molecule has 1 saturated heterocycles. The molecule has 4 rings (SSSR count). The molecule has 1 aliphatic heterocycles. The van der Waals surface area contributed by atoms with Gasteiger partial charge in [0.1, 0.15) is 17.6 Å². The summed E-state index contributed by atoms with van der Waals surface area (Å²) in [5.74, 6) is 0.962. The third-order valence-electron chi connectivity index (χ3n) is 4.89. The molecule has 0 bridgehead atoms. The SMILES string of the molecule is Cc1cn(C)c(C2CN(C(=O)Cc3c(C)nc4ccccn34)CCO2)n1. The Hall–Kier alpha value is -2.67. The second-order valence-corrected chi connectivity index (χ2v) is 6.80. The van der Waals surface area contributed by atoms with Crippen LogP contribution in [0.2, 0.25) is 0 Å². The summed E-state index contributed by atoms with van der Waals surface area (Å²) in [6, 6.07) is 5.86. The van der Waals surface area contributed by atoms with Crippen LogP contribution in [-0.2, 0) is 23.0 Å². The van der Waals surface area contributed by atoms with Crippen molar-refractivity contribution < 1.29 is 9.53 Å². The van der Waals surface area contributed by atoms with Crippen molar-refractivity contribution in [2.45, 2.75) is 26.4 Å². The lowest BCUT2D eigenvalue weighted by atomic mass is 10.2. The van der Waals surface area contributed by atoms with Gasteiger partial charge in [0.25, 0.3) is 0 Å². The first kappa shape index (κ1) is 16.8. The molecule has 0 saturated carbocycles. The summed E-state index contributed by atoms with van der Waals surface area (Å²) in [5, 5.41) is 0. The molecule has 3 aromatic rings. The maximum absolute atomic E-state index is 12.9. The van der Waals surface area contributed by atoms with Crippen molar-refractivity contribution >= 4 is 11.6 Å². The molecule has 4 heterocycles. The van der Waals surface area contributed by atoms with E-state index in [1.165, 1.54) is 0 Å². The number of aromatic nitrogens is 4. The van der Waals surface area contributed by atoms with Crippen LogP contribution >= 0.6 is 0 Å². The van der Waals surface area contributed by atoms with Crippen LogP contribution in [0, 0.1) is 13.8 Å². The Bertz CT molecular complexity index is 958. The van der Waals surface area contributed by atoms with Crippen molar-refractivity contribution in [3.8, 4) is 0 Å². The normalized spacial score (nSPS) is 17.8. The second-order valence-electron chi connectivity index (χ2n) is 6.80. The van der Waals surface area contributed by atoms with Crippen LogP contribution < -0.4 is 0 Å². The average molecular weight is 353 g/mol. The zero-order chi connectivity index (χ0) is 18.3. The third kappa shape index (κ3) is 2.99. The van der Waals surface area contributed by atoms with Gasteiger partial charge in [-0.25, -0.2) is 9.97 Å². The number of carbonyl (C=O) groups is 1. The first-order valence-electron chi connectivity index (χ1n) is 8.84. The smallest absolute Gasteiger partial charge is 0.228 e. The van der Waals surface area contributed by atoms with Crippen molar-refractivity contribution in [1.82, 2.24) is 23.8 Å². The van der Waals surface area contributed by atoms with Crippen molar-refractivity contribution in [3.05, 3.63) is 53.5 Å². The molecule has 136 valence electrons. The van der Waals surface area contributed by atoms with Crippen molar-refractivity contribution in [2.24, 2.45) is 7.05 Å². The van der Waals surface area contributed by atoms with E-state index in [4.69, 9.17) is 4.74 Å². The molecule has 1 unspecified atom stereocenters. The number of carbonyl (C=O) groups excluding carboxylic acids is 1. The highest BCUT2D eigenvalue weighted by atomic mass is 16.5. The highest BCUT2D eigenvalue weighted by Gasteiger charge is 2.28. The predicted octanol–water partition coefficient (Wildman–Crippen LogP) is 1.83. The molecule has 7 nitrogen and oxygen atoms in total. The van der Waals surface area contributed by atoms with Crippen molar-refractivity contribution in [3.63, 3.8) is 0 Å². The molecule has 0 N–H and O–H groups in total. The minimum atomic E-state index is -0.185. The lowest BCUT2D eigenvalue weighted by Crippen LogP contribution is -2.43. The van der Waals surface area contributed by atoms with E-state index in [-0.39, 0.29) is 12.0 Å². The molecule has 1 aliphatic rings. The van der Waals surface area contributed by atoms with E-state index in [0.29, 0.717) is 26.1 Å². The van der Waals surface area contributed by atoms with Crippen LogP contribution in [0.25, 0.3) is 5.65 Å². The fourth-order valence-corrected chi connectivity index (χ4v) is 3.60. The fourth-order valence-electron chi connectivity index (χ4n) is 3.60. The van der Waals surface area contributed by atoms with Gasteiger partial charge < -0.3 is 18.6 Å². The van der Waals surface area contributed by atoms with E-state index < -0.39 is 0 Å². The largest absolute Gasteiger partial charge is 0.367 e. The maximum atomic E-state index is 12.9. The molecule has 1 amide bonds. The fraction of sp³-hybridized carbons (Fsp3) is 0.421. The minimum Gasteiger partial charge on any atom is -0.367 e. The Kier molecular flexibility index (Phi) is 4.24. The first-order valence-corrected chi connectivity index (χ1v) is 8.84. The third-order valence-corrected chi connectivity index (χ3v) is 4.89. The predicted molar refractivity (Wildman–Crippen MR) is 96.9 cm³/mol. The average Bonchev–Trinajstić information content (AvgIpc) is 3.14. The van der Waals surface area contributed by atoms with E-state index in [9.17, 15) is 4.79 Å². The van der Waals surface area contributed by atoms with Crippen LogP contribution in [0.5, 0.6) is 0 Å². The molecule has 1 atom stereocenters. The topological polar surface area (TPSA) is 64.7 Å². The molecule has 0 aliphatic carbocycles. The molecule has 1 fully saturated rings. The van der Waals surface area contributed by atoms with E-state index >= 15 is 0 Å². The number of imidazole rings is 2. The number of nitrogens with zero attached hydrogens (tertiary/aromatic N) is 5. The maximum Gasteiger partial charge on any atom is 0.228 e. The van der Waals surface area contributed by atoms with E-state index in [1.807, 2.05) is 65.4 Å². The zero-order valence-corrected chi connectivity index (χ0v) is 15.3. The van der Waals surface area contributed by atoms with Gasteiger partial charge >= 0.3 is 0 Å². The van der Waals surface area contributed by atoms with E-state index in [0.717, 1.165) is 28.6 Å². The summed E-state index contributed by atoms with van der Waals surface area (Å²) in [7, 11) is 1.96. The highest BCUT2D eigenvalue weighted by Crippen LogP contribution is 2.22. The number of fused-ring (bicyclic) bond motifs is 1. The van der Waals surface area contributed by atoms with Gasteiger partial charge in [-0.1, -0.05) is 6.07 Å². The van der Waals surface area contributed by atoms with Crippen LogP contribution in [-0.4, -0.2) is 49.4 Å².